The summed E-state index contributed by atoms with van der Waals surface area (Å²) in [5.74, 6) is -1.27. The molecule has 19 heavy (non-hydrogen) atoms. The SMILES string of the molecule is O=C1C(=O)N(CC2CCCNC2)c2ccc(F)cc21. The topological polar surface area (TPSA) is 49.4 Å². The first-order chi connectivity index (χ1) is 9.16. The molecule has 1 amide bonds. The van der Waals surface area contributed by atoms with E-state index in [0.717, 1.165) is 32.0 Å². The van der Waals surface area contributed by atoms with Gasteiger partial charge in [0.05, 0.1) is 11.3 Å². The Hall–Kier alpha value is -1.75. The van der Waals surface area contributed by atoms with Gasteiger partial charge >= 0.3 is 0 Å². The van der Waals surface area contributed by atoms with Crippen molar-refractivity contribution in [3.63, 3.8) is 0 Å². The fourth-order valence-corrected chi connectivity index (χ4v) is 2.79. The van der Waals surface area contributed by atoms with Gasteiger partial charge in [-0.15, -0.1) is 0 Å². The van der Waals surface area contributed by atoms with Crippen molar-refractivity contribution in [2.75, 3.05) is 24.5 Å². The average molecular weight is 262 g/mol. The number of amides is 1. The van der Waals surface area contributed by atoms with Crippen molar-refractivity contribution in [1.29, 1.82) is 0 Å². The minimum atomic E-state index is -0.599. The second-order valence-corrected chi connectivity index (χ2v) is 5.12. The van der Waals surface area contributed by atoms with E-state index in [2.05, 4.69) is 5.32 Å². The van der Waals surface area contributed by atoms with Crippen LogP contribution in [0.5, 0.6) is 0 Å². The van der Waals surface area contributed by atoms with Gasteiger partial charge in [-0.1, -0.05) is 0 Å². The summed E-state index contributed by atoms with van der Waals surface area (Å²) in [5, 5.41) is 3.29. The van der Waals surface area contributed by atoms with Gasteiger partial charge in [0, 0.05) is 6.54 Å². The Morgan fingerprint density at radius 3 is 2.95 bits per heavy atom. The maximum absolute atomic E-state index is 13.2. The first-order valence-electron chi connectivity index (χ1n) is 6.53. The molecule has 5 heteroatoms. The summed E-state index contributed by atoms with van der Waals surface area (Å²) in [5.41, 5.74) is 0.732. The first kappa shape index (κ1) is 12.3. The van der Waals surface area contributed by atoms with Crippen molar-refractivity contribution in [3.05, 3.63) is 29.6 Å². The number of hydrogen-bond donors (Lipinski definition) is 1. The van der Waals surface area contributed by atoms with E-state index < -0.39 is 17.5 Å². The second kappa shape index (κ2) is 4.74. The van der Waals surface area contributed by atoms with Crippen LogP contribution in [0.3, 0.4) is 0 Å². The van der Waals surface area contributed by atoms with Gasteiger partial charge < -0.3 is 10.2 Å². The van der Waals surface area contributed by atoms with Gasteiger partial charge in [0.25, 0.3) is 11.7 Å². The number of piperidine rings is 1. The predicted molar refractivity (Wildman–Crippen MR) is 68.7 cm³/mol. The van der Waals surface area contributed by atoms with Gasteiger partial charge in [0.1, 0.15) is 5.82 Å². The molecule has 0 radical (unpaired) electrons. The molecule has 1 saturated heterocycles. The van der Waals surface area contributed by atoms with Crippen LogP contribution in [-0.2, 0) is 4.79 Å². The van der Waals surface area contributed by atoms with E-state index in [0.29, 0.717) is 18.2 Å². The van der Waals surface area contributed by atoms with Crippen LogP contribution in [0.2, 0.25) is 0 Å². The third-order valence-electron chi connectivity index (χ3n) is 3.77. The summed E-state index contributed by atoms with van der Waals surface area (Å²) >= 11 is 0. The Morgan fingerprint density at radius 2 is 2.21 bits per heavy atom. The molecule has 3 rings (SSSR count). The molecule has 2 aliphatic heterocycles. The summed E-state index contributed by atoms with van der Waals surface area (Å²) in [7, 11) is 0. The lowest BCUT2D eigenvalue weighted by Crippen LogP contribution is -2.40. The van der Waals surface area contributed by atoms with Crippen LogP contribution in [0, 0.1) is 11.7 Å². The van der Waals surface area contributed by atoms with Crippen LogP contribution in [0.1, 0.15) is 23.2 Å². The first-order valence-corrected chi connectivity index (χ1v) is 6.53. The van der Waals surface area contributed by atoms with Crippen LogP contribution in [0.15, 0.2) is 18.2 Å². The van der Waals surface area contributed by atoms with Crippen LogP contribution in [0.25, 0.3) is 0 Å². The Bertz CT molecular complexity index is 538. The Kier molecular flexibility index (Phi) is 3.06. The minimum absolute atomic E-state index is 0.189. The standard InChI is InChI=1S/C14H15FN2O2/c15-10-3-4-12-11(6-10)13(18)14(19)17(12)8-9-2-1-5-16-7-9/h3-4,6,9,16H,1-2,5,7-8H2. The second-order valence-electron chi connectivity index (χ2n) is 5.12. The molecule has 1 N–H and O–H groups in total. The predicted octanol–water partition coefficient (Wildman–Crippen LogP) is 1.35. The minimum Gasteiger partial charge on any atom is -0.316 e. The van der Waals surface area contributed by atoms with Crippen molar-refractivity contribution < 1.29 is 14.0 Å². The fourth-order valence-electron chi connectivity index (χ4n) is 2.79. The summed E-state index contributed by atoms with van der Waals surface area (Å²) in [6, 6.07) is 3.95. The van der Waals surface area contributed by atoms with E-state index in [-0.39, 0.29) is 5.56 Å². The van der Waals surface area contributed by atoms with Crippen LogP contribution in [0.4, 0.5) is 10.1 Å². The van der Waals surface area contributed by atoms with Crippen molar-refractivity contribution in [2.24, 2.45) is 5.92 Å². The maximum Gasteiger partial charge on any atom is 0.299 e. The van der Waals surface area contributed by atoms with Gasteiger partial charge in [-0.3, -0.25) is 9.59 Å². The molecule has 0 spiro atoms. The molecule has 0 saturated carbocycles. The molecular formula is C14H15FN2O2. The highest BCUT2D eigenvalue weighted by Crippen LogP contribution is 2.30. The third-order valence-corrected chi connectivity index (χ3v) is 3.77. The number of carbonyl (C=O) groups is 2. The number of rotatable bonds is 2. The Balaban J connectivity index is 1.86. The number of fused-ring (bicyclic) bond motifs is 1. The number of hydrogen-bond acceptors (Lipinski definition) is 3. The van der Waals surface area contributed by atoms with E-state index >= 15 is 0 Å². The number of anilines is 1. The van der Waals surface area contributed by atoms with Crippen molar-refractivity contribution in [2.45, 2.75) is 12.8 Å². The zero-order valence-electron chi connectivity index (χ0n) is 10.5. The molecule has 0 aliphatic carbocycles. The van der Waals surface area contributed by atoms with Crippen LogP contribution < -0.4 is 10.2 Å². The number of ketones is 1. The zero-order valence-corrected chi connectivity index (χ0v) is 10.5. The molecular weight excluding hydrogens is 247 g/mol. The molecule has 1 aromatic rings. The average Bonchev–Trinajstić information content (AvgIpc) is 2.65. The van der Waals surface area contributed by atoms with Gasteiger partial charge in [-0.25, -0.2) is 4.39 Å². The van der Waals surface area contributed by atoms with Gasteiger partial charge in [-0.2, -0.15) is 0 Å². The van der Waals surface area contributed by atoms with Gasteiger partial charge in [0.2, 0.25) is 0 Å². The van der Waals surface area contributed by atoms with E-state index in [4.69, 9.17) is 0 Å². The smallest absolute Gasteiger partial charge is 0.299 e. The quantitative estimate of drug-likeness (QED) is 0.819. The van der Waals surface area contributed by atoms with Crippen LogP contribution in [-0.4, -0.2) is 31.3 Å². The molecule has 2 heterocycles. The van der Waals surface area contributed by atoms with Crippen molar-refractivity contribution in [3.8, 4) is 0 Å². The van der Waals surface area contributed by atoms with Gasteiger partial charge in [0.15, 0.2) is 0 Å². The van der Waals surface area contributed by atoms with E-state index in [1.165, 1.54) is 17.0 Å². The lowest BCUT2D eigenvalue weighted by molar-refractivity contribution is -0.114. The summed E-state index contributed by atoms with van der Waals surface area (Å²) in [4.78, 5) is 25.3. The molecule has 1 unspecified atom stereocenters. The Morgan fingerprint density at radius 1 is 1.37 bits per heavy atom. The van der Waals surface area contributed by atoms with E-state index in [1.807, 2.05) is 0 Å². The van der Waals surface area contributed by atoms with Crippen molar-refractivity contribution >= 4 is 17.4 Å². The number of Topliss-reactive ketones (excluding diaryl/α,β-unsaturated/α-hetero) is 1. The van der Waals surface area contributed by atoms with E-state index in [9.17, 15) is 14.0 Å². The molecule has 0 aromatic heterocycles. The Labute approximate surface area is 110 Å². The largest absolute Gasteiger partial charge is 0.316 e. The highest BCUT2D eigenvalue weighted by atomic mass is 19.1. The molecule has 1 aromatic carbocycles. The third kappa shape index (κ3) is 2.14. The molecule has 1 atom stereocenters. The number of nitrogens with one attached hydrogen (secondary N) is 1. The molecule has 4 nitrogen and oxygen atoms in total. The lowest BCUT2D eigenvalue weighted by Gasteiger charge is -2.27. The summed E-state index contributed by atoms with van der Waals surface area (Å²) in [6.07, 6.45) is 2.12. The molecule has 0 bridgehead atoms. The molecule has 100 valence electrons. The van der Waals surface area contributed by atoms with Crippen LogP contribution >= 0.6 is 0 Å². The summed E-state index contributed by atoms with van der Waals surface area (Å²) < 4.78 is 13.2. The molecule has 2 aliphatic rings. The number of nitrogens with zero attached hydrogens (tertiary/aromatic N) is 1. The van der Waals surface area contributed by atoms with Gasteiger partial charge in [-0.05, 0) is 50.0 Å². The molecule has 1 fully saturated rings. The maximum atomic E-state index is 13.2. The van der Waals surface area contributed by atoms with E-state index in [1.54, 1.807) is 0 Å². The fraction of sp³-hybridized carbons (Fsp3) is 0.429. The monoisotopic (exact) mass is 262 g/mol. The normalized spacial score (nSPS) is 22.8. The summed E-state index contributed by atoms with van der Waals surface area (Å²) in [6.45, 7) is 2.38. The zero-order chi connectivity index (χ0) is 13.4. The number of carbonyl (C=O) groups excluding carboxylic acids is 2. The highest BCUT2D eigenvalue weighted by molar-refractivity contribution is 6.52. The number of benzene rings is 1. The highest BCUT2D eigenvalue weighted by Gasteiger charge is 2.37. The lowest BCUT2D eigenvalue weighted by atomic mass is 9.99. The number of halogens is 1. The van der Waals surface area contributed by atoms with Crippen molar-refractivity contribution in [1.82, 2.24) is 5.32 Å².